The average Bonchev–Trinajstić information content (AvgIpc) is 2.23. The van der Waals surface area contributed by atoms with E-state index >= 15 is 0 Å². The van der Waals surface area contributed by atoms with Crippen LogP contribution < -0.4 is 4.90 Å². The van der Waals surface area contributed by atoms with Gasteiger partial charge in [0.2, 0.25) is 0 Å². The summed E-state index contributed by atoms with van der Waals surface area (Å²) >= 11 is 0. The summed E-state index contributed by atoms with van der Waals surface area (Å²) in [6.45, 7) is 6.50. The Balaban J connectivity index is 2.47. The van der Waals surface area contributed by atoms with E-state index in [0.29, 0.717) is 5.92 Å². The van der Waals surface area contributed by atoms with Crippen LogP contribution in [0.5, 0.6) is 0 Å². The van der Waals surface area contributed by atoms with Crippen LogP contribution in [0.3, 0.4) is 0 Å². The molecule has 17 heavy (non-hydrogen) atoms. The Morgan fingerprint density at radius 2 is 2.12 bits per heavy atom. The van der Waals surface area contributed by atoms with Crippen molar-refractivity contribution in [2.75, 3.05) is 11.4 Å². The van der Waals surface area contributed by atoms with Crippen LogP contribution in [-0.2, 0) is 4.79 Å². The second-order valence-corrected chi connectivity index (χ2v) is 5.46. The largest absolute Gasteiger partial charge is 0.480 e. The highest BCUT2D eigenvalue weighted by atomic mass is 16.4. The van der Waals surface area contributed by atoms with Gasteiger partial charge in [-0.15, -0.1) is 0 Å². The van der Waals surface area contributed by atoms with E-state index in [1.54, 1.807) is 0 Å². The third-order valence-electron chi connectivity index (χ3n) is 3.59. The van der Waals surface area contributed by atoms with Crippen molar-refractivity contribution in [3.05, 3.63) is 29.8 Å². The van der Waals surface area contributed by atoms with Crippen LogP contribution in [0.15, 0.2) is 24.3 Å². The van der Waals surface area contributed by atoms with Gasteiger partial charge in [-0.3, -0.25) is 4.79 Å². The number of hydrogen-bond acceptors (Lipinski definition) is 2. The fourth-order valence-corrected chi connectivity index (χ4v) is 2.88. The van der Waals surface area contributed by atoms with E-state index in [2.05, 4.69) is 26.8 Å². The van der Waals surface area contributed by atoms with Crippen LogP contribution in [0.2, 0.25) is 0 Å². The highest BCUT2D eigenvalue weighted by Crippen LogP contribution is 2.42. The number of carboxylic acids is 1. The van der Waals surface area contributed by atoms with Gasteiger partial charge < -0.3 is 10.0 Å². The van der Waals surface area contributed by atoms with Crippen LogP contribution in [0.25, 0.3) is 0 Å². The summed E-state index contributed by atoms with van der Waals surface area (Å²) in [6.07, 6.45) is 0.983. The molecule has 0 saturated heterocycles. The van der Waals surface area contributed by atoms with Crippen LogP contribution in [0.4, 0.5) is 5.69 Å². The summed E-state index contributed by atoms with van der Waals surface area (Å²) in [5.74, 6) is -0.298. The van der Waals surface area contributed by atoms with Gasteiger partial charge >= 0.3 is 5.97 Å². The van der Waals surface area contributed by atoms with Crippen molar-refractivity contribution in [2.45, 2.75) is 38.6 Å². The number of carboxylic acid groups (broad SMARTS) is 1. The summed E-state index contributed by atoms with van der Waals surface area (Å²) in [4.78, 5) is 13.0. The number of carbonyl (C=O) groups is 1. The van der Waals surface area contributed by atoms with Crippen molar-refractivity contribution in [3.63, 3.8) is 0 Å². The van der Waals surface area contributed by atoms with E-state index in [4.69, 9.17) is 5.11 Å². The van der Waals surface area contributed by atoms with E-state index < -0.39 is 5.97 Å². The van der Waals surface area contributed by atoms with Crippen LogP contribution >= 0.6 is 0 Å². The van der Waals surface area contributed by atoms with Gasteiger partial charge in [0.1, 0.15) is 6.54 Å². The van der Waals surface area contributed by atoms with Gasteiger partial charge in [-0.05, 0) is 37.8 Å². The summed E-state index contributed by atoms with van der Waals surface area (Å²) in [6, 6.07) is 8.12. The molecule has 3 nitrogen and oxygen atoms in total. The first-order chi connectivity index (χ1) is 7.92. The van der Waals surface area contributed by atoms with E-state index in [9.17, 15) is 4.79 Å². The summed E-state index contributed by atoms with van der Waals surface area (Å²) < 4.78 is 0. The normalized spacial score (nSPS) is 22.1. The monoisotopic (exact) mass is 233 g/mol. The van der Waals surface area contributed by atoms with Gasteiger partial charge in [0.15, 0.2) is 0 Å². The zero-order valence-electron chi connectivity index (χ0n) is 10.6. The number of nitrogens with zero attached hydrogens (tertiary/aromatic N) is 1. The first-order valence-electron chi connectivity index (χ1n) is 6.00. The first-order valence-corrected chi connectivity index (χ1v) is 6.00. The second kappa shape index (κ2) is 4.06. The van der Waals surface area contributed by atoms with Gasteiger partial charge in [-0.1, -0.05) is 25.1 Å². The Morgan fingerprint density at radius 1 is 1.47 bits per heavy atom. The van der Waals surface area contributed by atoms with Crippen molar-refractivity contribution < 1.29 is 9.90 Å². The van der Waals surface area contributed by atoms with Gasteiger partial charge in [-0.2, -0.15) is 0 Å². The van der Waals surface area contributed by atoms with Crippen molar-refractivity contribution in [1.29, 1.82) is 0 Å². The van der Waals surface area contributed by atoms with Crippen molar-refractivity contribution in [1.82, 2.24) is 0 Å². The molecule has 0 aliphatic carbocycles. The predicted molar refractivity (Wildman–Crippen MR) is 68.5 cm³/mol. The summed E-state index contributed by atoms with van der Waals surface area (Å²) in [5.41, 5.74) is 2.22. The SMILES string of the molecule is CC1CC(C)(C)N(CC(=O)O)c2ccccc21. The number of anilines is 1. The maximum atomic E-state index is 11.0. The molecule has 0 saturated carbocycles. The average molecular weight is 233 g/mol. The van der Waals surface area contributed by atoms with Crippen molar-refractivity contribution >= 4 is 11.7 Å². The quantitative estimate of drug-likeness (QED) is 0.854. The molecule has 1 aliphatic rings. The fourth-order valence-electron chi connectivity index (χ4n) is 2.88. The minimum absolute atomic E-state index is 0.0662. The molecule has 0 bridgehead atoms. The molecule has 2 rings (SSSR count). The topological polar surface area (TPSA) is 40.5 Å². The first kappa shape index (κ1) is 12.0. The van der Waals surface area contributed by atoms with Gasteiger partial charge in [0.25, 0.3) is 0 Å². The Labute approximate surface area is 102 Å². The van der Waals surface area contributed by atoms with Gasteiger partial charge in [-0.25, -0.2) is 0 Å². The zero-order chi connectivity index (χ0) is 12.6. The number of fused-ring (bicyclic) bond motifs is 1. The van der Waals surface area contributed by atoms with E-state index in [1.165, 1.54) is 5.56 Å². The number of aliphatic carboxylic acids is 1. The minimum Gasteiger partial charge on any atom is -0.480 e. The fraction of sp³-hybridized carbons (Fsp3) is 0.500. The maximum Gasteiger partial charge on any atom is 0.323 e. The molecule has 1 N–H and O–H groups in total. The smallest absolute Gasteiger partial charge is 0.323 e. The molecule has 0 spiro atoms. The Bertz CT molecular complexity index is 440. The summed E-state index contributed by atoms with van der Waals surface area (Å²) in [7, 11) is 0. The second-order valence-electron chi connectivity index (χ2n) is 5.46. The Kier molecular flexibility index (Phi) is 2.86. The van der Waals surface area contributed by atoms with E-state index in [1.807, 2.05) is 23.1 Å². The van der Waals surface area contributed by atoms with Gasteiger partial charge in [0.05, 0.1) is 0 Å². The van der Waals surface area contributed by atoms with Crippen LogP contribution in [0.1, 0.15) is 38.7 Å². The lowest BCUT2D eigenvalue weighted by Crippen LogP contribution is -2.50. The lowest BCUT2D eigenvalue weighted by molar-refractivity contribution is -0.135. The molecule has 92 valence electrons. The van der Waals surface area contributed by atoms with E-state index in [0.717, 1.165) is 12.1 Å². The lowest BCUT2D eigenvalue weighted by Gasteiger charge is -2.46. The number of para-hydroxylation sites is 1. The molecule has 1 aromatic carbocycles. The number of rotatable bonds is 2. The molecule has 1 unspecified atom stereocenters. The van der Waals surface area contributed by atoms with Gasteiger partial charge in [0, 0.05) is 11.2 Å². The molecule has 0 aromatic heterocycles. The number of benzene rings is 1. The van der Waals surface area contributed by atoms with Crippen molar-refractivity contribution in [2.24, 2.45) is 0 Å². The third kappa shape index (κ3) is 2.14. The zero-order valence-corrected chi connectivity index (χ0v) is 10.6. The minimum atomic E-state index is -0.776. The molecule has 1 aromatic rings. The molecule has 0 radical (unpaired) electrons. The molecule has 3 heteroatoms. The molecule has 1 heterocycles. The van der Waals surface area contributed by atoms with Crippen LogP contribution in [0, 0.1) is 0 Å². The molecule has 1 atom stereocenters. The van der Waals surface area contributed by atoms with Crippen LogP contribution in [-0.4, -0.2) is 23.2 Å². The molecular weight excluding hydrogens is 214 g/mol. The summed E-state index contributed by atoms with van der Waals surface area (Å²) in [5, 5.41) is 9.05. The highest BCUT2D eigenvalue weighted by molar-refractivity contribution is 5.76. The molecule has 0 fully saturated rings. The highest BCUT2D eigenvalue weighted by Gasteiger charge is 2.36. The molecule has 1 aliphatic heterocycles. The maximum absolute atomic E-state index is 11.0. The predicted octanol–water partition coefficient (Wildman–Crippen LogP) is 2.86. The standard InChI is InChI=1S/C14H19NO2/c1-10-8-14(2,3)15(9-13(16)17)12-7-5-4-6-11(10)12/h4-7,10H,8-9H2,1-3H3,(H,16,17). The molecule has 0 amide bonds. The Hall–Kier alpha value is -1.51. The molecular formula is C14H19NO2. The van der Waals surface area contributed by atoms with Crippen molar-refractivity contribution in [3.8, 4) is 0 Å². The van der Waals surface area contributed by atoms with E-state index in [-0.39, 0.29) is 12.1 Å². The Morgan fingerprint density at radius 3 is 2.76 bits per heavy atom. The third-order valence-corrected chi connectivity index (χ3v) is 3.59. The number of hydrogen-bond donors (Lipinski definition) is 1. The lowest BCUT2D eigenvalue weighted by atomic mass is 9.80.